The van der Waals surface area contributed by atoms with Gasteiger partial charge in [-0.25, -0.2) is 13.2 Å². The Balaban J connectivity index is -0.0000000800. The maximum atomic E-state index is 10.4. The molecule has 0 unspecified atom stereocenters. The van der Waals surface area contributed by atoms with Crippen LogP contribution in [0.15, 0.2) is 0 Å². The predicted molar refractivity (Wildman–Crippen MR) is 23.7 cm³/mol. The molecule has 0 aromatic carbocycles. The van der Waals surface area contributed by atoms with Crippen molar-refractivity contribution in [3.8, 4) is 0 Å². The van der Waals surface area contributed by atoms with E-state index in [2.05, 4.69) is 0 Å². The Hall–Kier alpha value is -0.250. The molecule has 0 spiro atoms. The molecule has 0 saturated carbocycles. The molecule has 0 aromatic heterocycles. The largest absolute Gasteiger partial charge is 0.344 e. The molecule has 1 nitrogen and oxygen atoms in total. The third-order valence-corrected chi connectivity index (χ3v) is 0.117. The van der Waals surface area contributed by atoms with Crippen LogP contribution in [0.5, 0.6) is 0 Å². The average molecular weight is 117 g/mol. The topological polar surface area (TPSA) is 35.0 Å². The smallest absolute Gasteiger partial charge is 0.266 e. The van der Waals surface area contributed by atoms with Crippen molar-refractivity contribution in [3.05, 3.63) is 0 Å². The third kappa shape index (κ3) is 26.4. The van der Waals surface area contributed by atoms with E-state index < -0.39 is 13.1 Å². The highest BCUT2D eigenvalue weighted by atomic mass is 19.3. The minimum Gasteiger partial charge on any atom is -0.344 e. The molecule has 0 aromatic rings. The fourth-order valence-electron chi connectivity index (χ4n) is 0. The molecule has 0 bridgehead atoms. The molecule has 0 aliphatic carbocycles. The number of alkyl halides is 3. The van der Waals surface area contributed by atoms with E-state index in [0.29, 0.717) is 0 Å². The molecule has 3 N–H and O–H groups in total. The molecule has 0 heterocycles. The van der Waals surface area contributed by atoms with Gasteiger partial charge in [-0.15, -0.1) is 0 Å². The van der Waals surface area contributed by atoms with E-state index in [0.717, 1.165) is 0 Å². The van der Waals surface area contributed by atoms with Crippen molar-refractivity contribution in [1.82, 2.24) is 6.15 Å². The highest BCUT2D eigenvalue weighted by Crippen LogP contribution is 1.88. The monoisotopic (exact) mass is 117 g/mol. The maximum Gasteiger partial charge on any atom is 0.266 e. The fourth-order valence-corrected chi connectivity index (χ4v) is 0. The van der Waals surface area contributed by atoms with Gasteiger partial charge in [-0.05, 0) is 0 Å². The second kappa shape index (κ2) is 9.23. The lowest BCUT2D eigenvalue weighted by Crippen LogP contribution is -1.88. The molecule has 0 aliphatic heterocycles. The third-order valence-electron chi connectivity index (χ3n) is 0.117. The van der Waals surface area contributed by atoms with E-state index in [9.17, 15) is 13.2 Å². The number of halogens is 3. The molecule has 0 aliphatic rings. The first-order chi connectivity index (χ1) is 2.27. The summed E-state index contributed by atoms with van der Waals surface area (Å²) in [5.41, 5.74) is 0. The van der Waals surface area contributed by atoms with Gasteiger partial charge in [0.1, 0.15) is 0 Å². The molecule has 4 heteroatoms. The second-order valence-electron chi connectivity index (χ2n) is 0.545. The SMILES string of the molecule is C.FCC(F)F.N. The van der Waals surface area contributed by atoms with Crippen molar-refractivity contribution in [3.63, 3.8) is 0 Å². The van der Waals surface area contributed by atoms with E-state index in [1.807, 2.05) is 0 Å². The summed E-state index contributed by atoms with van der Waals surface area (Å²) in [5.74, 6) is 0. The first-order valence-corrected chi connectivity index (χ1v) is 1.11. The van der Waals surface area contributed by atoms with Crippen molar-refractivity contribution < 1.29 is 13.2 Å². The second-order valence-corrected chi connectivity index (χ2v) is 0.545. The van der Waals surface area contributed by atoms with Gasteiger partial charge in [-0.1, -0.05) is 7.43 Å². The Morgan fingerprint density at radius 2 is 1.43 bits per heavy atom. The Kier molecular flexibility index (Phi) is 20.9. The molecule has 0 fully saturated rings. The minimum atomic E-state index is -2.78. The zero-order chi connectivity index (χ0) is 4.28. The lowest BCUT2D eigenvalue weighted by Gasteiger charge is -1.78. The summed E-state index contributed by atoms with van der Waals surface area (Å²) >= 11 is 0. The highest BCUT2D eigenvalue weighted by Gasteiger charge is 1.95. The van der Waals surface area contributed by atoms with Crippen molar-refractivity contribution in [2.45, 2.75) is 13.9 Å². The van der Waals surface area contributed by atoms with E-state index in [1.165, 1.54) is 0 Å². The Morgan fingerprint density at radius 3 is 1.43 bits per heavy atom. The van der Waals surface area contributed by atoms with Crippen molar-refractivity contribution >= 4 is 0 Å². The van der Waals surface area contributed by atoms with Crippen molar-refractivity contribution in [2.24, 2.45) is 0 Å². The summed E-state index contributed by atoms with van der Waals surface area (Å²) in [6.07, 6.45) is -2.78. The van der Waals surface area contributed by atoms with Crippen LogP contribution in [0.2, 0.25) is 0 Å². The predicted octanol–water partition coefficient (Wildman–Crippen LogP) is 2.02. The average Bonchev–Trinajstić information content (AvgIpc) is 1.38. The van der Waals surface area contributed by atoms with Crippen molar-refractivity contribution in [2.75, 3.05) is 6.67 Å². The van der Waals surface area contributed by atoms with Crippen LogP contribution in [0, 0.1) is 0 Å². The molecule has 0 amide bonds. The number of hydrogen-bond acceptors (Lipinski definition) is 1. The first kappa shape index (κ1) is 15.9. The lowest BCUT2D eigenvalue weighted by molar-refractivity contribution is 0.113. The maximum absolute atomic E-state index is 10.4. The van der Waals surface area contributed by atoms with Gasteiger partial charge >= 0.3 is 0 Å². The summed E-state index contributed by atoms with van der Waals surface area (Å²) in [4.78, 5) is 0. The molecule has 0 radical (unpaired) electrons. The number of hydrogen-bond donors (Lipinski definition) is 1. The molecule has 48 valence electrons. The normalized spacial score (nSPS) is 6.86. The quantitative estimate of drug-likeness (QED) is 0.560. The lowest BCUT2D eigenvalue weighted by atomic mass is 10.8. The number of rotatable bonds is 1. The van der Waals surface area contributed by atoms with E-state index in [4.69, 9.17) is 0 Å². The summed E-state index contributed by atoms with van der Waals surface area (Å²) in [6.45, 7) is -1.53. The van der Waals surface area contributed by atoms with Gasteiger partial charge in [0.15, 0.2) is 6.67 Å². The van der Waals surface area contributed by atoms with Gasteiger partial charge < -0.3 is 6.15 Å². The summed E-state index contributed by atoms with van der Waals surface area (Å²) in [7, 11) is 0. The van der Waals surface area contributed by atoms with Crippen LogP contribution in [-0.4, -0.2) is 13.1 Å². The van der Waals surface area contributed by atoms with E-state index in [1.54, 1.807) is 0 Å². The molecule has 0 saturated heterocycles. The molecular formula is C3H10F3N. The van der Waals surface area contributed by atoms with Crippen molar-refractivity contribution in [1.29, 1.82) is 0 Å². The van der Waals surface area contributed by atoms with Gasteiger partial charge in [0, 0.05) is 0 Å². The van der Waals surface area contributed by atoms with Crippen LogP contribution < -0.4 is 6.15 Å². The van der Waals surface area contributed by atoms with Gasteiger partial charge in [-0.3, -0.25) is 0 Å². The van der Waals surface area contributed by atoms with Gasteiger partial charge in [0.05, 0.1) is 0 Å². The minimum absolute atomic E-state index is 0. The first-order valence-electron chi connectivity index (χ1n) is 1.11. The highest BCUT2D eigenvalue weighted by molar-refractivity contribution is 4.23. The summed E-state index contributed by atoms with van der Waals surface area (Å²) in [5, 5.41) is 0. The fraction of sp³-hybridized carbons (Fsp3) is 1.00. The Labute approximate surface area is 41.1 Å². The van der Waals surface area contributed by atoms with Crippen LogP contribution in [0.1, 0.15) is 7.43 Å². The Morgan fingerprint density at radius 1 is 1.29 bits per heavy atom. The van der Waals surface area contributed by atoms with Gasteiger partial charge in [-0.2, -0.15) is 0 Å². The van der Waals surface area contributed by atoms with Gasteiger partial charge in [0.25, 0.3) is 6.43 Å². The molecule has 0 atom stereocenters. The van der Waals surface area contributed by atoms with Crippen LogP contribution >= 0.6 is 0 Å². The van der Waals surface area contributed by atoms with Crippen LogP contribution in [0.4, 0.5) is 13.2 Å². The zero-order valence-electron chi connectivity index (χ0n) is 3.13. The molecule has 7 heavy (non-hydrogen) atoms. The standard InChI is InChI=1S/C2H3F3.CH4.H3N/c3-1-2(4)5;;/h2H,1H2;1H4;1H3. The summed E-state index contributed by atoms with van der Waals surface area (Å²) < 4.78 is 31.1. The van der Waals surface area contributed by atoms with Crippen LogP contribution in [0.25, 0.3) is 0 Å². The Bertz CT molecular complexity index is 24.1. The van der Waals surface area contributed by atoms with Crippen LogP contribution in [-0.2, 0) is 0 Å². The van der Waals surface area contributed by atoms with Crippen LogP contribution in [0.3, 0.4) is 0 Å². The zero-order valence-corrected chi connectivity index (χ0v) is 3.13. The molecular weight excluding hydrogens is 107 g/mol. The summed E-state index contributed by atoms with van der Waals surface area (Å²) in [6, 6.07) is 0. The van der Waals surface area contributed by atoms with Gasteiger partial charge in [0.2, 0.25) is 0 Å². The van der Waals surface area contributed by atoms with E-state index >= 15 is 0 Å². The van der Waals surface area contributed by atoms with E-state index in [-0.39, 0.29) is 13.6 Å². The molecule has 0 rings (SSSR count).